The molecule has 0 saturated carbocycles. The molecule has 0 aromatic heterocycles. The molecule has 1 saturated heterocycles. The molecule has 1 aliphatic heterocycles. The van der Waals surface area contributed by atoms with Crippen molar-refractivity contribution in [2.45, 2.75) is 39.2 Å². The summed E-state index contributed by atoms with van der Waals surface area (Å²) in [6, 6.07) is 16.9. The standard InChI is InChI=1S/C22H27NO2/c1-16-4-8-19(9-5-16)21-14-17(2)15-22(24)23(21)13-12-18-6-10-20(25-3)11-7-18/h4-11,17,21H,12-15H2,1-3H3. The summed E-state index contributed by atoms with van der Waals surface area (Å²) in [5.41, 5.74) is 3.74. The van der Waals surface area contributed by atoms with Crippen LogP contribution in [-0.4, -0.2) is 24.5 Å². The van der Waals surface area contributed by atoms with Crippen molar-refractivity contribution in [1.82, 2.24) is 4.90 Å². The zero-order chi connectivity index (χ0) is 17.8. The van der Waals surface area contributed by atoms with E-state index in [-0.39, 0.29) is 11.9 Å². The molecule has 0 radical (unpaired) electrons. The third-order valence-electron chi connectivity index (χ3n) is 5.11. The Bertz CT molecular complexity index is 706. The van der Waals surface area contributed by atoms with Crippen LogP contribution < -0.4 is 4.74 Å². The second kappa shape index (κ2) is 7.73. The maximum absolute atomic E-state index is 12.7. The minimum absolute atomic E-state index is 0.190. The molecule has 1 aliphatic rings. The van der Waals surface area contributed by atoms with E-state index in [9.17, 15) is 4.79 Å². The number of piperidine rings is 1. The average molecular weight is 337 g/mol. The van der Waals surface area contributed by atoms with Gasteiger partial charge < -0.3 is 9.64 Å². The number of carbonyl (C=O) groups is 1. The van der Waals surface area contributed by atoms with E-state index in [0.717, 1.165) is 25.1 Å². The van der Waals surface area contributed by atoms with Gasteiger partial charge in [0.25, 0.3) is 0 Å². The SMILES string of the molecule is COc1ccc(CCN2C(=O)CC(C)CC2c2ccc(C)cc2)cc1. The van der Waals surface area contributed by atoms with E-state index in [4.69, 9.17) is 4.74 Å². The highest BCUT2D eigenvalue weighted by molar-refractivity contribution is 5.78. The highest BCUT2D eigenvalue weighted by Crippen LogP contribution is 2.35. The third kappa shape index (κ3) is 4.22. The van der Waals surface area contributed by atoms with Crippen molar-refractivity contribution < 1.29 is 9.53 Å². The van der Waals surface area contributed by atoms with Gasteiger partial charge in [0.05, 0.1) is 13.2 Å². The molecule has 1 fully saturated rings. The van der Waals surface area contributed by atoms with Crippen LogP contribution >= 0.6 is 0 Å². The first-order valence-corrected chi connectivity index (χ1v) is 9.06. The predicted molar refractivity (Wildman–Crippen MR) is 101 cm³/mol. The number of methoxy groups -OCH3 is 1. The summed E-state index contributed by atoms with van der Waals surface area (Å²) in [6.45, 7) is 5.04. The fraction of sp³-hybridized carbons (Fsp3) is 0.409. The van der Waals surface area contributed by atoms with E-state index < -0.39 is 0 Å². The lowest BCUT2D eigenvalue weighted by molar-refractivity contribution is -0.138. The van der Waals surface area contributed by atoms with Crippen LogP contribution in [0.15, 0.2) is 48.5 Å². The van der Waals surface area contributed by atoms with Gasteiger partial charge in [-0.15, -0.1) is 0 Å². The van der Waals surface area contributed by atoms with Crippen LogP contribution in [0.2, 0.25) is 0 Å². The van der Waals surface area contributed by atoms with E-state index in [2.05, 4.69) is 55.1 Å². The van der Waals surface area contributed by atoms with E-state index in [0.29, 0.717) is 12.3 Å². The highest BCUT2D eigenvalue weighted by Gasteiger charge is 2.32. The Balaban J connectivity index is 1.75. The van der Waals surface area contributed by atoms with Crippen LogP contribution in [0.25, 0.3) is 0 Å². The van der Waals surface area contributed by atoms with Gasteiger partial charge in [-0.2, -0.15) is 0 Å². The summed E-state index contributed by atoms with van der Waals surface area (Å²) in [6.07, 6.45) is 2.56. The van der Waals surface area contributed by atoms with Crippen molar-refractivity contribution >= 4 is 5.91 Å². The number of hydrogen-bond acceptors (Lipinski definition) is 2. The van der Waals surface area contributed by atoms with Crippen LogP contribution in [0, 0.1) is 12.8 Å². The van der Waals surface area contributed by atoms with Gasteiger partial charge in [-0.25, -0.2) is 0 Å². The van der Waals surface area contributed by atoms with Crippen molar-refractivity contribution in [3.8, 4) is 5.75 Å². The summed E-state index contributed by atoms with van der Waals surface area (Å²) >= 11 is 0. The molecule has 3 rings (SSSR count). The van der Waals surface area contributed by atoms with Crippen LogP contribution in [0.4, 0.5) is 0 Å². The van der Waals surface area contributed by atoms with Crippen molar-refractivity contribution in [3.63, 3.8) is 0 Å². The first-order chi connectivity index (χ1) is 12.1. The summed E-state index contributed by atoms with van der Waals surface area (Å²) < 4.78 is 5.21. The fourth-order valence-electron chi connectivity index (χ4n) is 3.61. The molecule has 1 heterocycles. The largest absolute Gasteiger partial charge is 0.497 e. The molecule has 3 nitrogen and oxygen atoms in total. The van der Waals surface area contributed by atoms with E-state index in [1.807, 2.05) is 12.1 Å². The Morgan fingerprint density at radius 3 is 2.40 bits per heavy atom. The number of carbonyl (C=O) groups excluding carboxylic acids is 1. The molecule has 2 atom stereocenters. The Hall–Kier alpha value is -2.29. The summed E-state index contributed by atoms with van der Waals surface area (Å²) in [7, 11) is 1.68. The molecule has 25 heavy (non-hydrogen) atoms. The molecule has 0 spiro atoms. The van der Waals surface area contributed by atoms with Gasteiger partial charge in [0.15, 0.2) is 0 Å². The second-order valence-electron chi connectivity index (χ2n) is 7.16. The number of benzene rings is 2. The number of likely N-dealkylation sites (tertiary alicyclic amines) is 1. The molecule has 0 bridgehead atoms. The minimum atomic E-state index is 0.190. The van der Waals surface area contributed by atoms with Crippen molar-refractivity contribution in [2.75, 3.05) is 13.7 Å². The molecule has 3 heteroatoms. The predicted octanol–water partition coefficient (Wildman–Crippen LogP) is 4.55. The van der Waals surface area contributed by atoms with Gasteiger partial charge in [0, 0.05) is 13.0 Å². The molecular formula is C22H27NO2. The van der Waals surface area contributed by atoms with E-state index >= 15 is 0 Å². The molecular weight excluding hydrogens is 310 g/mol. The van der Waals surface area contributed by atoms with Crippen LogP contribution in [0.3, 0.4) is 0 Å². The molecule has 2 unspecified atom stereocenters. The number of nitrogens with zero attached hydrogens (tertiary/aromatic N) is 1. The lowest BCUT2D eigenvalue weighted by atomic mass is 9.87. The Morgan fingerprint density at radius 1 is 1.08 bits per heavy atom. The number of amides is 1. The van der Waals surface area contributed by atoms with Crippen molar-refractivity contribution in [2.24, 2.45) is 5.92 Å². The normalized spacial score (nSPS) is 20.6. The molecule has 0 N–H and O–H groups in total. The number of hydrogen-bond donors (Lipinski definition) is 0. The van der Waals surface area contributed by atoms with Gasteiger partial charge in [0.1, 0.15) is 5.75 Å². The third-order valence-corrected chi connectivity index (χ3v) is 5.11. The monoisotopic (exact) mass is 337 g/mol. The lowest BCUT2D eigenvalue weighted by Crippen LogP contribution is -2.41. The minimum Gasteiger partial charge on any atom is -0.497 e. The van der Waals surface area contributed by atoms with Crippen molar-refractivity contribution in [1.29, 1.82) is 0 Å². The summed E-state index contributed by atoms with van der Waals surface area (Å²) in [5, 5.41) is 0. The maximum atomic E-state index is 12.7. The molecule has 2 aromatic carbocycles. The topological polar surface area (TPSA) is 29.5 Å². The molecule has 2 aromatic rings. The van der Waals surface area contributed by atoms with Crippen molar-refractivity contribution in [3.05, 3.63) is 65.2 Å². The Labute approximate surface area is 150 Å². The van der Waals surface area contributed by atoms with E-state index in [1.165, 1.54) is 16.7 Å². The number of aryl methyl sites for hydroxylation is 1. The van der Waals surface area contributed by atoms with Crippen LogP contribution in [-0.2, 0) is 11.2 Å². The Kier molecular flexibility index (Phi) is 5.42. The van der Waals surface area contributed by atoms with Gasteiger partial charge in [-0.3, -0.25) is 4.79 Å². The maximum Gasteiger partial charge on any atom is 0.223 e. The molecule has 1 amide bonds. The fourth-order valence-corrected chi connectivity index (χ4v) is 3.61. The van der Waals surface area contributed by atoms with Gasteiger partial charge in [-0.05, 0) is 48.9 Å². The van der Waals surface area contributed by atoms with Gasteiger partial charge >= 0.3 is 0 Å². The van der Waals surface area contributed by atoms with E-state index in [1.54, 1.807) is 7.11 Å². The second-order valence-corrected chi connectivity index (χ2v) is 7.16. The smallest absolute Gasteiger partial charge is 0.223 e. The van der Waals surface area contributed by atoms with Crippen LogP contribution in [0.1, 0.15) is 42.5 Å². The summed E-state index contributed by atoms with van der Waals surface area (Å²) in [4.78, 5) is 14.8. The molecule has 132 valence electrons. The van der Waals surface area contributed by atoms with Gasteiger partial charge in [0.2, 0.25) is 5.91 Å². The quantitative estimate of drug-likeness (QED) is 0.801. The number of ether oxygens (including phenoxy) is 1. The average Bonchev–Trinajstić information content (AvgIpc) is 2.61. The first-order valence-electron chi connectivity index (χ1n) is 9.06. The number of rotatable bonds is 5. The lowest BCUT2D eigenvalue weighted by Gasteiger charge is -2.39. The summed E-state index contributed by atoms with van der Waals surface area (Å²) in [5.74, 6) is 1.58. The van der Waals surface area contributed by atoms with Gasteiger partial charge in [-0.1, -0.05) is 48.9 Å². The Morgan fingerprint density at radius 2 is 1.76 bits per heavy atom. The molecule has 0 aliphatic carbocycles. The zero-order valence-electron chi connectivity index (χ0n) is 15.4. The zero-order valence-corrected chi connectivity index (χ0v) is 15.4. The first kappa shape index (κ1) is 17.5. The highest BCUT2D eigenvalue weighted by atomic mass is 16.5. The van der Waals surface area contributed by atoms with Crippen LogP contribution in [0.5, 0.6) is 5.75 Å².